The topological polar surface area (TPSA) is 88.4 Å². The van der Waals surface area contributed by atoms with Crippen molar-refractivity contribution < 1.29 is 18.3 Å². The van der Waals surface area contributed by atoms with Gasteiger partial charge in [0.1, 0.15) is 10.6 Å². The van der Waals surface area contributed by atoms with Crippen LogP contribution in [0.25, 0.3) is 0 Å². The van der Waals surface area contributed by atoms with Gasteiger partial charge in [0.15, 0.2) is 0 Å². The SMILES string of the molecule is Cc1ccc(C)c(NS(=O)(=O)c2cc(C(=O)O)n(C)c2)c1. The van der Waals surface area contributed by atoms with Crippen molar-refractivity contribution >= 4 is 21.7 Å². The molecular weight excluding hydrogens is 292 g/mol. The number of aromatic carboxylic acids is 1. The van der Waals surface area contributed by atoms with Gasteiger partial charge in [-0.2, -0.15) is 0 Å². The molecule has 0 amide bonds. The van der Waals surface area contributed by atoms with Gasteiger partial charge in [-0.1, -0.05) is 12.1 Å². The molecule has 1 heterocycles. The molecule has 1 aromatic carbocycles. The summed E-state index contributed by atoms with van der Waals surface area (Å²) < 4.78 is 28.4. The van der Waals surface area contributed by atoms with Gasteiger partial charge in [0.2, 0.25) is 0 Å². The molecule has 0 aliphatic rings. The Morgan fingerprint density at radius 2 is 1.90 bits per heavy atom. The fourth-order valence-electron chi connectivity index (χ4n) is 1.94. The van der Waals surface area contributed by atoms with Crippen molar-refractivity contribution in [3.8, 4) is 0 Å². The summed E-state index contributed by atoms with van der Waals surface area (Å²) in [5, 5.41) is 8.98. The number of anilines is 1. The average molecular weight is 308 g/mol. The van der Waals surface area contributed by atoms with Crippen molar-refractivity contribution in [1.29, 1.82) is 0 Å². The fourth-order valence-corrected chi connectivity index (χ4v) is 3.13. The maximum absolute atomic E-state index is 12.3. The number of hydrogen-bond donors (Lipinski definition) is 2. The first-order valence-electron chi connectivity index (χ1n) is 6.20. The highest BCUT2D eigenvalue weighted by Gasteiger charge is 2.20. The summed E-state index contributed by atoms with van der Waals surface area (Å²) in [6.45, 7) is 3.66. The van der Waals surface area contributed by atoms with Gasteiger partial charge in [-0.25, -0.2) is 13.2 Å². The van der Waals surface area contributed by atoms with E-state index in [9.17, 15) is 13.2 Å². The van der Waals surface area contributed by atoms with Gasteiger partial charge in [-0.15, -0.1) is 0 Å². The first-order valence-corrected chi connectivity index (χ1v) is 7.69. The largest absolute Gasteiger partial charge is 0.477 e. The molecule has 0 unspecified atom stereocenters. The number of benzene rings is 1. The number of carboxylic acids is 1. The highest BCUT2D eigenvalue weighted by atomic mass is 32.2. The molecule has 0 fully saturated rings. The van der Waals surface area contributed by atoms with Gasteiger partial charge < -0.3 is 9.67 Å². The summed E-state index contributed by atoms with van der Waals surface area (Å²) in [5.74, 6) is -1.18. The van der Waals surface area contributed by atoms with E-state index in [0.29, 0.717) is 5.69 Å². The molecule has 6 nitrogen and oxygen atoms in total. The lowest BCUT2D eigenvalue weighted by molar-refractivity contribution is 0.0686. The molecule has 2 N–H and O–H groups in total. The lowest BCUT2D eigenvalue weighted by atomic mass is 10.1. The lowest BCUT2D eigenvalue weighted by Crippen LogP contribution is -2.13. The molecule has 1 aromatic heterocycles. The predicted molar refractivity (Wildman–Crippen MR) is 79.1 cm³/mol. The van der Waals surface area contributed by atoms with Crippen LogP contribution in [0, 0.1) is 13.8 Å². The second-order valence-corrected chi connectivity index (χ2v) is 6.58. The van der Waals surface area contributed by atoms with Crippen LogP contribution in [0.3, 0.4) is 0 Å². The molecule has 2 rings (SSSR count). The Morgan fingerprint density at radius 1 is 1.24 bits per heavy atom. The van der Waals surface area contributed by atoms with Crippen molar-refractivity contribution in [3.63, 3.8) is 0 Å². The normalized spacial score (nSPS) is 11.4. The number of hydrogen-bond acceptors (Lipinski definition) is 3. The summed E-state index contributed by atoms with van der Waals surface area (Å²) in [7, 11) is -2.34. The number of aromatic nitrogens is 1. The standard InChI is InChI=1S/C14H16N2O4S/c1-9-4-5-10(2)12(6-9)15-21(19,20)11-7-13(14(17)18)16(3)8-11/h4-8,15H,1-3H3,(H,17,18). The van der Waals surface area contributed by atoms with Crippen molar-refractivity contribution in [1.82, 2.24) is 4.57 Å². The minimum absolute atomic E-state index is 0.0803. The summed E-state index contributed by atoms with van der Waals surface area (Å²) in [5.41, 5.74) is 2.11. The van der Waals surface area contributed by atoms with Gasteiger partial charge in [0.05, 0.1) is 5.69 Å². The number of rotatable bonds is 4. The fraction of sp³-hybridized carbons (Fsp3) is 0.214. The van der Waals surface area contributed by atoms with E-state index in [-0.39, 0.29) is 10.6 Å². The quantitative estimate of drug-likeness (QED) is 0.905. The minimum Gasteiger partial charge on any atom is -0.477 e. The highest BCUT2D eigenvalue weighted by molar-refractivity contribution is 7.92. The molecule has 0 saturated carbocycles. The van der Waals surface area contributed by atoms with Crippen LogP contribution in [-0.4, -0.2) is 24.1 Å². The zero-order valence-electron chi connectivity index (χ0n) is 11.9. The van der Waals surface area contributed by atoms with E-state index in [4.69, 9.17) is 5.11 Å². The second-order valence-electron chi connectivity index (χ2n) is 4.90. The van der Waals surface area contributed by atoms with E-state index >= 15 is 0 Å². The smallest absolute Gasteiger partial charge is 0.352 e. The first-order chi connectivity index (χ1) is 9.70. The van der Waals surface area contributed by atoms with Crippen molar-refractivity contribution in [2.45, 2.75) is 18.7 Å². The Balaban J connectivity index is 2.41. The van der Waals surface area contributed by atoms with E-state index in [1.54, 1.807) is 13.0 Å². The molecule has 7 heteroatoms. The molecule has 0 bridgehead atoms. The maximum Gasteiger partial charge on any atom is 0.352 e. The number of aryl methyl sites for hydroxylation is 3. The molecule has 0 radical (unpaired) electrons. The molecule has 0 saturated heterocycles. The zero-order chi connectivity index (χ0) is 15.8. The molecule has 2 aromatic rings. The van der Waals surface area contributed by atoms with Crippen LogP contribution in [0.4, 0.5) is 5.69 Å². The van der Waals surface area contributed by atoms with Gasteiger partial charge in [0, 0.05) is 13.2 Å². The number of sulfonamides is 1. The minimum atomic E-state index is -3.82. The number of nitrogens with one attached hydrogen (secondary N) is 1. The van der Waals surface area contributed by atoms with Gasteiger partial charge >= 0.3 is 5.97 Å². The molecule has 112 valence electrons. The van der Waals surface area contributed by atoms with Crippen LogP contribution >= 0.6 is 0 Å². The van der Waals surface area contributed by atoms with E-state index in [1.165, 1.54) is 17.8 Å². The Kier molecular flexibility index (Phi) is 3.78. The molecule has 0 atom stereocenters. The van der Waals surface area contributed by atoms with E-state index in [0.717, 1.165) is 17.2 Å². The third kappa shape index (κ3) is 3.08. The molecule has 0 aliphatic heterocycles. The average Bonchev–Trinajstić information content (AvgIpc) is 2.77. The van der Waals surface area contributed by atoms with Crippen LogP contribution < -0.4 is 4.72 Å². The third-order valence-electron chi connectivity index (χ3n) is 3.15. The Labute approximate surface area is 123 Å². The Hall–Kier alpha value is -2.28. The van der Waals surface area contributed by atoms with Crippen LogP contribution in [0.1, 0.15) is 21.6 Å². The Morgan fingerprint density at radius 3 is 2.48 bits per heavy atom. The summed E-state index contributed by atoms with van der Waals surface area (Å²) in [4.78, 5) is 10.9. The monoisotopic (exact) mass is 308 g/mol. The molecule has 0 aliphatic carbocycles. The number of carbonyl (C=O) groups is 1. The Bertz CT molecular complexity index is 806. The maximum atomic E-state index is 12.3. The summed E-state index contributed by atoms with van der Waals surface area (Å²) in [6, 6.07) is 6.57. The summed E-state index contributed by atoms with van der Waals surface area (Å²) in [6.07, 6.45) is 1.27. The lowest BCUT2D eigenvalue weighted by Gasteiger charge is -2.10. The number of carboxylic acid groups (broad SMARTS) is 1. The van der Waals surface area contributed by atoms with Crippen molar-refractivity contribution in [2.24, 2.45) is 7.05 Å². The van der Waals surface area contributed by atoms with Crippen LogP contribution in [0.5, 0.6) is 0 Å². The van der Waals surface area contributed by atoms with E-state index in [2.05, 4.69) is 4.72 Å². The molecule has 21 heavy (non-hydrogen) atoms. The van der Waals surface area contributed by atoms with Crippen molar-refractivity contribution in [3.05, 3.63) is 47.3 Å². The highest BCUT2D eigenvalue weighted by Crippen LogP contribution is 2.22. The van der Waals surface area contributed by atoms with Gasteiger partial charge in [-0.05, 0) is 37.1 Å². The predicted octanol–water partition coefficient (Wildman–Crippen LogP) is 2.14. The summed E-state index contributed by atoms with van der Waals surface area (Å²) >= 11 is 0. The molecule has 0 spiro atoms. The van der Waals surface area contributed by atoms with E-state index in [1.807, 2.05) is 19.1 Å². The number of nitrogens with zero attached hydrogens (tertiary/aromatic N) is 1. The first kappa shape index (κ1) is 15.1. The second kappa shape index (κ2) is 5.25. The van der Waals surface area contributed by atoms with Gasteiger partial charge in [-0.3, -0.25) is 4.72 Å². The van der Waals surface area contributed by atoms with Crippen molar-refractivity contribution in [2.75, 3.05) is 4.72 Å². The van der Waals surface area contributed by atoms with Crippen LogP contribution in [0.2, 0.25) is 0 Å². The van der Waals surface area contributed by atoms with Gasteiger partial charge in [0.25, 0.3) is 10.0 Å². The van der Waals surface area contributed by atoms with E-state index < -0.39 is 16.0 Å². The van der Waals surface area contributed by atoms with Crippen LogP contribution in [0.15, 0.2) is 35.4 Å². The molecular formula is C14H16N2O4S. The van der Waals surface area contributed by atoms with Crippen LogP contribution in [-0.2, 0) is 17.1 Å². The third-order valence-corrected chi connectivity index (χ3v) is 4.48. The zero-order valence-corrected chi connectivity index (χ0v) is 12.7.